The molecule has 1 aliphatic rings. The Morgan fingerprint density at radius 1 is 1.40 bits per heavy atom. The van der Waals surface area contributed by atoms with Gasteiger partial charge in [0.25, 0.3) is 5.91 Å². The summed E-state index contributed by atoms with van der Waals surface area (Å²) in [6, 6.07) is 0. The Labute approximate surface area is 87.7 Å². The molecular formula is C10H13N3O2. The number of ketones is 1. The number of likely N-dealkylation sites (tertiary alicyclic amines) is 1. The lowest BCUT2D eigenvalue weighted by Gasteiger charge is -2.25. The van der Waals surface area contributed by atoms with Crippen LogP contribution < -0.4 is 0 Å². The van der Waals surface area contributed by atoms with Crippen molar-refractivity contribution in [1.82, 2.24) is 14.7 Å². The normalized spacial score (nSPS) is 16.9. The highest BCUT2D eigenvalue weighted by Crippen LogP contribution is 2.10. The summed E-state index contributed by atoms with van der Waals surface area (Å²) in [7, 11) is 1.77. The number of hydrogen-bond acceptors (Lipinski definition) is 3. The van der Waals surface area contributed by atoms with Gasteiger partial charge in [0.1, 0.15) is 5.78 Å². The second kappa shape index (κ2) is 3.84. The van der Waals surface area contributed by atoms with Crippen LogP contribution in [0.3, 0.4) is 0 Å². The Morgan fingerprint density at radius 2 is 2.07 bits per heavy atom. The number of hydrogen-bond donors (Lipinski definition) is 0. The van der Waals surface area contributed by atoms with Crippen molar-refractivity contribution in [3.05, 3.63) is 18.0 Å². The van der Waals surface area contributed by atoms with Gasteiger partial charge in [0, 0.05) is 39.2 Å². The van der Waals surface area contributed by atoms with Crippen molar-refractivity contribution in [3.8, 4) is 0 Å². The smallest absolute Gasteiger partial charge is 0.257 e. The molecule has 1 aliphatic heterocycles. The predicted octanol–water partition coefficient (Wildman–Crippen LogP) is 0.225. The van der Waals surface area contributed by atoms with Gasteiger partial charge in [-0.3, -0.25) is 14.3 Å². The zero-order valence-electron chi connectivity index (χ0n) is 8.64. The molecule has 0 unspecified atom stereocenters. The maximum Gasteiger partial charge on any atom is 0.257 e. The Kier molecular flexibility index (Phi) is 2.53. The predicted molar refractivity (Wildman–Crippen MR) is 53.4 cm³/mol. The molecular weight excluding hydrogens is 194 g/mol. The number of amides is 1. The molecule has 1 saturated heterocycles. The molecule has 1 aromatic heterocycles. The Hall–Kier alpha value is -1.65. The lowest BCUT2D eigenvalue weighted by molar-refractivity contribution is -0.120. The molecule has 0 bridgehead atoms. The molecule has 1 fully saturated rings. The topological polar surface area (TPSA) is 55.2 Å². The first-order valence-electron chi connectivity index (χ1n) is 4.96. The van der Waals surface area contributed by atoms with Crippen LogP contribution in [0.5, 0.6) is 0 Å². The molecule has 0 radical (unpaired) electrons. The number of rotatable bonds is 1. The van der Waals surface area contributed by atoms with Gasteiger partial charge in [-0.1, -0.05) is 0 Å². The van der Waals surface area contributed by atoms with Crippen LogP contribution >= 0.6 is 0 Å². The summed E-state index contributed by atoms with van der Waals surface area (Å²) in [5.74, 6) is 0.209. The molecule has 1 aromatic rings. The number of Topliss-reactive ketones (excluding diaryl/α,β-unsaturated/α-hetero) is 1. The van der Waals surface area contributed by atoms with Crippen LogP contribution in [0.2, 0.25) is 0 Å². The van der Waals surface area contributed by atoms with Gasteiger partial charge >= 0.3 is 0 Å². The maximum atomic E-state index is 11.9. The average Bonchev–Trinajstić information content (AvgIpc) is 2.65. The van der Waals surface area contributed by atoms with Crippen molar-refractivity contribution in [2.24, 2.45) is 7.05 Å². The summed E-state index contributed by atoms with van der Waals surface area (Å²) in [6.07, 6.45) is 4.20. The summed E-state index contributed by atoms with van der Waals surface area (Å²) in [5.41, 5.74) is 0.590. The highest BCUT2D eigenvalue weighted by molar-refractivity contribution is 5.95. The highest BCUT2D eigenvalue weighted by Gasteiger charge is 2.22. The second-order valence-corrected chi connectivity index (χ2v) is 3.73. The van der Waals surface area contributed by atoms with E-state index in [1.54, 1.807) is 29.0 Å². The fourth-order valence-electron chi connectivity index (χ4n) is 1.67. The molecule has 5 heteroatoms. The second-order valence-electron chi connectivity index (χ2n) is 3.73. The van der Waals surface area contributed by atoms with E-state index in [-0.39, 0.29) is 11.7 Å². The summed E-state index contributed by atoms with van der Waals surface area (Å²) in [6.45, 7) is 1.07. The summed E-state index contributed by atoms with van der Waals surface area (Å²) in [5, 5.41) is 3.95. The van der Waals surface area contributed by atoms with Crippen LogP contribution in [-0.2, 0) is 11.8 Å². The van der Waals surface area contributed by atoms with Crippen molar-refractivity contribution in [3.63, 3.8) is 0 Å². The van der Waals surface area contributed by atoms with Crippen LogP contribution in [0.4, 0.5) is 0 Å². The lowest BCUT2D eigenvalue weighted by atomic mass is 10.1. The molecule has 15 heavy (non-hydrogen) atoms. The van der Waals surface area contributed by atoms with E-state index in [9.17, 15) is 9.59 Å². The monoisotopic (exact) mass is 207 g/mol. The summed E-state index contributed by atoms with van der Waals surface area (Å²) < 4.78 is 1.60. The SMILES string of the molecule is Cn1cc(C(=O)N2CCC(=O)CC2)cn1. The molecule has 0 atom stereocenters. The van der Waals surface area contributed by atoms with Crippen molar-refractivity contribution in [2.75, 3.05) is 13.1 Å². The van der Waals surface area contributed by atoms with Gasteiger partial charge in [0.15, 0.2) is 0 Å². The third-order valence-corrected chi connectivity index (χ3v) is 2.56. The third kappa shape index (κ3) is 2.06. The van der Waals surface area contributed by atoms with E-state index in [1.165, 1.54) is 0 Å². The van der Waals surface area contributed by atoms with Gasteiger partial charge in [-0.15, -0.1) is 0 Å². The minimum absolute atomic E-state index is 0.0319. The fourth-order valence-corrected chi connectivity index (χ4v) is 1.67. The fraction of sp³-hybridized carbons (Fsp3) is 0.500. The lowest BCUT2D eigenvalue weighted by Crippen LogP contribution is -2.38. The molecule has 0 spiro atoms. The van der Waals surface area contributed by atoms with E-state index in [1.807, 2.05) is 0 Å². The van der Waals surface area contributed by atoms with Gasteiger partial charge in [-0.25, -0.2) is 0 Å². The van der Waals surface area contributed by atoms with Crippen LogP contribution in [0, 0.1) is 0 Å². The number of aryl methyl sites for hydroxylation is 1. The number of carbonyl (C=O) groups excluding carboxylic acids is 2. The molecule has 2 rings (SSSR count). The van der Waals surface area contributed by atoms with Crippen LogP contribution in [-0.4, -0.2) is 39.5 Å². The zero-order chi connectivity index (χ0) is 10.8. The summed E-state index contributed by atoms with van der Waals surface area (Å²) in [4.78, 5) is 24.6. The third-order valence-electron chi connectivity index (χ3n) is 2.56. The molecule has 5 nitrogen and oxygen atoms in total. The van der Waals surface area contributed by atoms with Gasteiger partial charge in [0.05, 0.1) is 11.8 Å². The minimum atomic E-state index is -0.0319. The summed E-state index contributed by atoms with van der Waals surface area (Å²) >= 11 is 0. The van der Waals surface area contributed by atoms with E-state index in [0.717, 1.165) is 0 Å². The minimum Gasteiger partial charge on any atom is -0.338 e. The molecule has 0 aromatic carbocycles. The first-order valence-corrected chi connectivity index (χ1v) is 4.96. The van der Waals surface area contributed by atoms with Crippen LogP contribution in [0.25, 0.3) is 0 Å². The molecule has 0 N–H and O–H groups in total. The van der Waals surface area contributed by atoms with Crippen molar-refractivity contribution < 1.29 is 9.59 Å². The van der Waals surface area contributed by atoms with Crippen molar-refractivity contribution in [2.45, 2.75) is 12.8 Å². The average molecular weight is 207 g/mol. The van der Waals surface area contributed by atoms with E-state index >= 15 is 0 Å². The molecule has 2 heterocycles. The van der Waals surface area contributed by atoms with Crippen LogP contribution in [0.1, 0.15) is 23.2 Å². The van der Waals surface area contributed by atoms with Gasteiger partial charge < -0.3 is 4.90 Å². The van der Waals surface area contributed by atoms with Crippen molar-refractivity contribution >= 4 is 11.7 Å². The quantitative estimate of drug-likeness (QED) is 0.662. The Balaban J connectivity index is 2.05. The van der Waals surface area contributed by atoms with Gasteiger partial charge in [0.2, 0.25) is 0 Å². The molecule has 0 saturated carbocycles. The highest BCUT2D eigenvalue weighted by atomic mass is 16.2. The van der Waals surface area contributed by atoms with Crippen LogP contribution in [0.15, 0.2) is 12.4 Å². The Morgan fingerprint density at radius 3 is 2.60 bits per heavy atom. The number of aromatic nitrogens is 2. The Bertz CT molecular complexity index is 387. The van der Waals surface area contributed by atoms with E-state index in [0.29, 0.717) is 31.5 Å². The molecule has 0 aliphatic carbocycles. The number of carbonyl (C=O) groups is 2. The van der Waals surface area contributed by atoms with Gasteiger partial charge in [-0.05, 0) is 0 Å². The largest absolute Gasteiger partial charge is 0.338 e. The number of nitrogens with zero attached hydrogens (tertiary/aromatic N) is 3. The van der Waals surface area contributed by atoms with E-state index in [4.69, 9.17) is 0 Å². The van der Waals surface area contributed by atoms with E-state index < -0.39 is 0 Å². The molecule has 80 valence electrons. The van der Waals surface area contributed by atoms with Crippen molar-refractivity contribution in [1.29, 1.82) is 0 Å². The first-order chi connectivity index (χ1) is 7.16. The zero-order valence-corrected chi connectivity index (χ0v) is 8.64. The van der Waals surface area contributed by atoms with Gasteiger partial charge in [-0.2, -0.15) is 5.10 Å². The first kappa shape index (κ1) is 9.89. The maximum absolute atomic E-state index is 11.9. The molecule has 1 amide bonds. The van der Waals surface area contributed by atoms with E-state index in [2.05, 4.69) is 5.10 Å². The standard InChI is InChI=1S/C10H13N3O2/c1-12-7-8(6-11-12)10(15)13-4-2-9(14)3-5-13/h6-7H,2-5H2,1H3. The number of piperidine rings is 1.